The minimum absolute atomic E-state index is 0.0465. The van der Waals surface area contributed by atoms with E-state index in [9.17, 15) is 9.90 Å². The highest BCUT2D eigenvalue weighted by molar-refractivity contribution is 5.81. The van der Waals surface area contributed by atoms with Crippen LogP contribution in [0.3, 0.4) is 0 Å². The maximum Gasteiger partial charge on any atom is 0.330 e. The molecule has 1 unspecified atom stereocenters. The highest BCUT2D eigenvalue weighted by Gasteiger charge is 2.59. The molecule has 0 aromatic heterocycles. The van der Waals surface area contributed by atoms with E-state index in [1.165, 1.54) is 57.8 Å². The first-order valence-corrected chi connectivity index (χ1v) is 14.8. The van der Waals surface area contributed by atoms with Crippen LogP contribution in [-0.4, -0.2) is 35.5 Å². The molecule has 0 aromatic carbocycles. The summed E-state index contributed by atoms with van der Waals surface area (Å²) in [5.74, 6) is 4.96. The van der Waals surface area contributed by atoms with Crippen LogP contribution >= 0.6 is 0 Å². The zero-order valence-corrected chi connectivity index (χ0v) is 23.8. The van der Waals surface area contributed by atoms with Gasteiger partial charge in [0.2, 0.25) is 0 Å². The quantitative estimate of drug-likeness (QED) is 0.211. The number of rotatable bonds is 8. The number of esters is 1. The van der Waals surface area contributed by atoms with Crippen LogP contribution in [0.15, 0.2) is 24.3 Å². The number of allylic oxidation sites excluding steroid dienone is 1. The van der Waals surface area contributed by atoms with E-state index in [1.807, 2.05) is 0 Å². The van der Waals surface area contributed by atoms with Crippen molar-refractivity contribution in [2.75, 3.05) is 13.2 Å². The molecule has 36 heavy (non-hydrogen) atoms. The molecular formula is C32H54O4. The van der Waals surface area contributed by atoms with Gasteiger partial charge in [0.05, 0.1) is 12.7 Å². The molecule has 4 aliphatic rings. The van der Waals surface area contributed by atoms with E-state index in [4.69, 9.17) is 5.11 Å². The van der Waals surface area contributed by atoms with Crippen molar-refractivity contribution in [3.8, 4) is 0 Å². The monoisotopic (exact) mass is 502 g/mol. The van der Waals surface area contributed by atoms with Gasteiger partial charge in [-0.1, -0.05) is 72.1 Å². The maximum atomic E-state index is 10.2. The van der Waals surface area contributed by atoms with Crippen molar-refractivity contribution < 1.29 is 19.7 Å². The Kier molecular flexibility index (Phi) is 10.3. The number of carbonyl (C=O) groups is 1. The first-order chi connectivity index (χ1) is 17.1. The fourth-order valence-electron chi connectivity index (χ4n) is 8.87. The van der Waals surface area contributed by atoms with E-state index in [-0.39, 0.29) is 19.3 Å². The molecule has 0 amide bonds. The van der Waals surface area contributed by atoms with Gasteiger partial charge in [-0.3, -0.25) is 0 Å². The van der Waals surface area contributed by atoms with Crippen molar-refractivity contribution >= 4 is 5.97 Å². The zero-order valence-electron chi connectivity index (χ0n) is 23.8. The lowest BCUT2D eigenvalue weighted by atomic mass is 9.47. The van der Waals surface area contributed by atoms with Gasteiger partial charge in [0.15, 0.2) is 0 Å². The van der Waals surface area contributed by atoms with Crippen molar-refractivity contribution in [2.45, 2.75) is 111 Å². The minimum Gasteiger partial charge on any atom is -0.460 e. The van der Waals surface area contributed by atoms with Gasteiger partial charge in [-0.15, -0.1) is 0 Å². The second-order valence-electron chi connectivity index (χ2n) is 13.3. The molecule has 4 rings (SSSR count). The topological polar surface area (TPSA) is 66.8 Å². The summed E-state index contributed by atoms with van der Waals surface area (Å²) < 4.78 is 4.33. The lowest BCUT2D eigenvalue weighted by Crippen LogP contribution is -2.50. The highest BCUT2D eigenvalue weighted by Crippen LogP contribution is 2.67. The molecule has 8 atom stereocenters. The molecular weight excluding hydrogens is 448 g/mol. The van der Waals surface area contributed by atoms with Crippen LogP contribution in [0.2, 0.25) is 0 Å². The summed E-state index contributed by atoms with van der Waals surface area (Å²) in [6, 6.07) is 0. The Morgan fingerprint density at radius 3 is 2.56 bits per heavy atom. The number of ether oxygens (including phenoxy) is 1. The zero-order chi connectivity index (χ0) is 26.5. The summed E-state index contributed by atoms with van der Waals surface area (Å²) >= 11 is 0. The van der Waals surface area contributed by atoms with Crippen LogP contribution in [0.4, 0.5) is 0 Å². The Hall–Kier alpha value is -1.13. The number of hydrogen-bond donors (Lipinski definition) is 2. The molecule has 3 saturated carbocycles. The van der Waals surface area contributed by atoms with E-state index in [1.54, 1.807) is 5.57 Å². The van der Waals surface area contributed by atoms with Gasteiger partial charge < -0.3 is 14.9 Å². The van der Waals surface area contributed by atoms with Crippen LogP contribution in [0.1, 0.15) is 105 Å². The third-order valence-electron chi connectivity index (χ3n) is 10.8. The van der Waals surface area contributed by atoms with Crippen LogP contribution in [-0.2, 0) is 9.53 Å². The van der Waals surface area contributed by atoms with Gasteiger partial charge >= 0.3 is 5.97 Å². The number of aliphatic hydroxyl groups is 2. The lowest BCUT2D eigenvalue weighted by Gasteiger charge is -2.58. The van der Waals surface area contributed by atoms with E-state index in [0.717, 1.165) is 54.4 Å². The van der Waals surface area contributed by atoms with Crippen molar-refractivity contribution in [3.63, 3.8) is 0 Å². The van der Waals surface area contributed by atoms with Gasteiger partial charge in [0.1, 0.15) is 6.61 Å². The lowest BCUT2D eigenvalue weighted by molar-refractivity contribution is -0.138. The smallest absolute Gasteiger partial charge is 0.330 e. The molecule has 206 valence electrons. The number of carbonyl (C=O) groups excluding carboxylic acids is 1. The molecule has 4 aliphatic carbocycles. The minimum atomic E-state index is -0.501. The van der Waals surface area contributed by atoms with Crippen molar-refractivity contribution in [3.05, 3.63) is 24.3 Å². The summed E-state index contributed by atoms with van der Waals surface area (Å²) in [6.45, 7) is 15.6. The SMILES string of the molecule is C=CC(=O)OCCO.CC(C)CCCC(C)[C@H]1CC[C@H]2[C@@H]3CC=C4C[C@@H](O)CC[C@]4(C)[C@H]3CC[C@]12C. The van der Waals surface area contributed by atoms with Gasteiger partial charge in [-0.2, -0.15) is 0 Å². The first-order valence-electron chi connectivity index (χ1n) is 14.8. The molecule has 0 aromatic rings. The van der Waals surface area contributed by atoms with Gasteiger partial charge in [0.25, 0.3) is 0 Å². The predicted octanol–water partition coefficient (Wildman–Crippen LogP) is 7.10. The molecule has 2 N–H and O–H groups in total. The molecule has 3 fully saturated rings. The summed E-state index contributed by atoms with van der Waals surface area (Å²) in [5.41, 5.74) is 2.60. The second-order valence-corrected chi connectivity index (χ2v) is 13.3. The standard InChI is InChI=1S/C27H46O.C5H8O3/c1-18(2)7-6-8-19(3)23-11-12-24-22-10-9-20-17-21(28)13-15-26(20,4)25(22)14-16-27(23,24)5;1-2-5(7)8-4-3-6/h9,18-19,21-25,28H,6-8,10-17H2,1-5H3;2,6H,1,3-4H2/t19?,21-,22-,23+,24-,25-,26-,27+;/m0./s1. The molecule has 0 radical (unpaired) electrons. The average Bonchev–Trinajstić information content (AvgIpc) is 3.20. The Morgan fingerprint density at radius 2 is 1.89 bits per heavy atom. The van der Waals surface area contributed by atoms with E-state index < -0.39 is 5.97 Å². The fraction of sp³-hybridized carbons (Fsp3) is 0.844. The van der Waals surface area contributed by atoms with E-state index >= 15 is 0 Å². The van der Waals surface area contributed by atoms with E-state index in [0.29, 0.717) is 10.8 Å². The molecule has 0 saturated heterocycles. The second kappa shape index (κ2) is 12.6. The number of fused-ring (bicyclic) bond motifs is 5. The Morgan fingerprint density at radius 1 is 1.14 bits per heavy atom. The van der Waals surface area contributed by atoms with Crippen molar-refractivity contribution in [2.24, 2.45) is 46.3 Å². The fourth-order valence-corrected chi connectivity index (χ4v) is 8.87. The molecule has 0 heterocycles. The summed E-state index contributed by atoms with van der Waals surface area (Å²) in [4.78, 5) is 10.1. The average molecular weight is 503 g/mol. The van der Waals surface area contributed by atoms with E-state index in [2.05, 4.69) is 52.0 Å². The summed E-state index contributed by atoms with van der Waals surface area (Å²) in [5, 5.41) is 18.3. The van der Waals surface area contributed by atoms with Gasteiger partial charge in [0, 0.05) is 6.08 Å². The van der Waals surface area contributed by atoms with Crippen LogP contribution in [0.25, 0.3) is 0 Å². The van der Waals surface area contributed by atoms with Gasteiger partial charge in [-0.05, 0) is 97.7 Å². The molecule has 0 spiro atoms. The first kappa shape index (κ1) is 29.4. The molecule has 0 aliphatic heterocycles. The maximum absolute atomic E-state index is 10.2. The normalized spacial score (nSPS) is 38.0. The number of hydrogen-bond acceptors (Lipinski definition) is 4. The van der Waals surface area contributed by atoms with Crippen molar-refractivity contribution in [1.29, 1.82) is 0 Å². The van der Waals surface area contributed by atoms with Crippen LogP contribution in [0.5, 0.6) is 0 Å². The number of aliphatic hydroxyl groups excluding tert-OH is 2. The Balaban J connectivity index is 0.000000392. The van der Waals surface area contributed by atoms with Crippen LogP contribution in [0, 0.1) is 46.3 Å². The third-order valence-corrected chi connectivity index (χ3v) is 10.8. The van der Waals surface area contributed by atoms with Crippen LogP contribution < -0.4 is 0 Å². The molecule has 4 nitrogen and oxygen atoms in total. The highest BCUT2D eigenvalue weighted by atomic mass is 16.5. The largest absolute Gasteiger partial charge is 0.460 e. The Labute approximate surface area is 221 Å². The van der Waals surface area contributed by atoms with Crippen molar-refractivity contribution in [1.82, 2.24) is 0 Å². The van der Waals surface area contributed by atoms with Gasteiger partial charge in [-0.25, -0.2) is 4.79 Å². The molecule has 4 heteroatoms. The Bertz CT molecular complexity index is 772. The summed E-state index contributed by atoms with van der Waals surface area (Å²) in [7, 11) is 0. The summed E-state index contributed by atoms with van der Waals surface area (Å²) in [6.07, 6.45) is 18.2. The predicted molar refractivity (Wildman–Crippen MR) is 147 cm³/mol. The third kappa shape index (κ3) is 6.29. The molecule has 0 bridgehead atoms.